The van der Waals surface area contributed by atoms with Crippen molar-refractivity contribution in [3.8, 4) is 0 Å². The molecule has 1 aliphatic rings. The Bertz CT molecular complexity index is 415. The van der Waals surface area contributed by atoms with Crippen LogP contribution < -0.4 is 0 Å². The highest BCUT2D eigenvalue weighted by Gasteiger charge is 2.44. The van der Waals surface area contributed by atoms with E-state index in [1.165, 1.54) is 6.42 Å². The third-order valence-electron chi connectivity index (χ3n) is 4.38. The van der Waals surface area contributed by atoms with Crippen molar-refractivity contribution < 1.29 is 5.11 Å². The van der Waals surface area contributed by atoms with E-state index in [1.807, 2.05) is 25.1 Å². The summed E-state index contributed by atoms with van der Waals surface area (Å²) < 4.78 is 0. The summed E-state index contributed by atoms with van der Waals surface area (Å²) in [4.78, 5) is 4.59. The number of aromatic nitrogens is 1. The van der Waals surface area contributed by atoms with E-state index in [0.717, 1.165) is 24.2 Å². The summed E-state index contributed by atoms with van der Waals surface area (Å²) in [5.41, 5.74) is 1.12. The van der Waals surface area contributed by atoms with Gasteiger partial charge in [0.1, 0.15) is 5.60 Å². The van der Waals surface area contributed by atoms with Crippen LogP contribution in [0.1, 0.15) is 51.4 Å². The molecule has 0 radical (unpaired) electrons. The molecule has 100 valence electrons. The van der Waals surface area contributed by atoms with Gasteiger partial charge in [-0.1, -0.05) is 33.3 Å². The zero-order chi connectivity index (χ0) is 13.3. The van der Waals surface area contributed by atoms with Gasteiger partial charge in [-0.15, -0.1) is 0 Å². The van der Waals surface area contributed by atoms with Crippen molar-refractivity contribution >= 4 is 0 Å². The van der Waals surface area contributed by atoms with Gasteiger partial charge in [0.2, 0.25) is 0 Å². The SMILES string of the molecule is Cc1cccc(C2(O)CC(C)CCC2C(C)C)n1. The number of hydrogen-bond donors (Lipinski definition) is 1. The van der Waals surface area contributed by atoms with Gasteiger partial charge in [-0.05, 0) is 49.7 Å². The molecular weight excluding hydrogens is 222 g/mol. The van der Waals surface area contributed by atoms with Gasteiger partial charge in [0.15, 0.2) is 0 Å². The number of pyridine rings is 1. The zero-order valence-electron chi connectivity index (χ0n) is 12.0. The van der Waals surface area contributed by atoms with E-state index in [9.17, 15) is 5.11 Å². The molecule has 2 nitrogen and oxygen atoms in total. The maximum absolute atomic E-state index is 11.2. The second-order valence-electron chi connectivity index (χ2n) is 6.33. The first-order valence-electron chi connectivity index (χ1n) is 7.10. The predicted octanol–water partition coefficient (Wildman–Crippen LogP) is 3.67. The quantitative estimate of drug-likeness (QED) is 0.865. The molecule has 0 bridgehead atoms. The first kappa shape index (κ1) is 13.5. The Morgan fingerprint density at radius 3 is 2.67 bits per heavy atom. The molecule has 0 aromatic carbocycles. The molecule has 18 heavy (non-hydrogen) atoms. The Kier molecular flexibility index (Phi) is 3.76. The lowest BCUT2D eigenvalue weighted by Crippen LogP contribution is -2.43. The van der Waals surface area contributed by atoms with Crippen LogP contribution in [-0.4, -0.2) is 10.1 Å². The monoisotopic (exact) mass is 247 g/mol. The van der Waals surface area contributed by atoms with Gasteiger partial charge in [-0.2, -0.15) is 0 Å². The topological polar surface area (TPSA) is 33.1 Å². The lowest BCUT2D eigenvalue weighted by Gasteiger charge is -2.44. The van der Waals surface area contributed by atoms with Crippen molar-refractivity contribution in [3.63, 3.8) is 0 Å². The molecule has 0 saturated heterocycles. The minimum Gasteiger partial charge on any atom is -0.383 e. The van der Waals surface area contributed by atoms with Crippen molar-refractivity contribution in [2.45, 2.75) is 52.6 Å². The van der Waals surface area contributed by atoms with Crippen molar-refractivity contribution in [2.75, 3.05) is 0 Å². The molecule has 0 aliphatic heterocycles. The summed E-state index contributed by atoms with van der Waals surface area (Å²) in [7, 11) is 0. The fourth-order valence-corrected chi connectivity index (χ4v) is 3.45. The van der Waals surface area contributed by atoms with Gasteiger partial charge >= 0.3 is 0 Å². The number of nitrogens with zero attached hydrogens (tertiary/aromatic N) is 1. The summed E-state index contributed by atoms with van der Waals surface area (Å²) in [6.07, 6.45) is 3.16. The Hall–Kier alpha value is -0.890. The van der Waals surface area contributed by atoms with Crippen LogP contribution in [0.4, 0.5) is 0 Å². The molecular formula is C16H25NO. The maximum Gasteiger partial charge on any atom is 0.110 e. The van der Waals surface area contributed by atoms with Crippen LogP contribution >= 0.6 is 0 Å². The Balaban J connectivity index is 2.40. The molecule has 3 atom stereocenters. The van der Waals surface area contributed by atoms with E-state index in [-0.39, 0.29) is 0 Å². The van der Waals surface area contributed by atoms with E-state index >= 15 is 0 Å². The lowest BCUT2D eigenvalue weighted by atomic mass is 9.65. The Labute approximate surface area is 110 Å². The average molecular weight is 247 g/mol. The average Bonchev–Trinajstić information content (AvgIpc) is 2.28. The molecule has 0 amide bonds. The highest BCUT2D eigenvalue weighted by Crippen LogP contribution is 2.46. The van der Waals surface area contributed by atoms with Crippen molar-refractivity contribution in [3.05, 3.63) is 29.6 Å². The Morgan fingerprint density at radius 1 is 1.33 bits per heavy atom. The van der Waals surface area contributed by atoms with Crippen LogP contribution in [0.3, 0.4) is 0 Å². The first-order chi connectivity index (χ1) is 8.43. The van der Waals surface area contributed by atoms with E-state index < -0.39 is 5.60 Å². The van der Waals surface area contributed by atoms with Crippen LogP contribution in [0.15, 0.2) is 18.2 Å². The molecule has 1 N–H and O–H groups in total. The van der Waals surface area contributed by atoms with E-state index in [1.54, 1.807) is 0 Å². The molecule has 2 rings (SSSR count). The minimum atomic E-state index is -0.738. The highest BCUT2D eigenvalue weighted by molar-refractivity contribution is 5.19. The summed E-state index contributed by atoms with van der Waals surface area (Å²) in [6, 6.07) is 5.98. The number of hydrogen-bond acceptors (Lipinski definition) is 2. The molecule has 1 fully saturated rings. The van der Waals surface area contributed by atoms with Crippen LogP contribution in [0.25, 0.3) is 0 Å². The molecule has 3 unspecified atom stereocenters. The molecule has 0 spiro atoms. The van der Waals surface area contributed by atoms with Gasteiger partial charge in [-0.25, -0.2) is 0 Å². The summed E-state index contributed by atoms with van der Waals surface area (Å²) in [5, 5.41) is 11.2. The largest absolute Gasteiger partial charge is 0.383 e. The van der Waals surface area contributed by atoms with Gasteiger partial charge in [0.25, 0.3) is 0 Å². The van der Waals surface area contributed by atoms with Crippen LogP contribution in [0.2, 0.25) is 0 Å². The summed E-state index contributed by atoms with van der Waals surface area (Å²) >= 11 is 0. The molecule has 1 aliphatic carbocycles. The van der Waals surface area contributed by atoms with Crippen LogP contribution in [0, 0.1) is 24.7 Å². The second kappa shape index (κ2) is 5.00. The summed E-state index contributed by atoms with van der Waals surface area (Å²) in [5.74, 6) is 1.39. The van der Waals surface area contributed by atoms with E-state index in [4.69, 9.17) is 0 Å². The van der Waals surface area contributed by atoms with Crippen LogP contribution in [0.5, 0.6) is 0 Å². The fourth-order valence-electron chi connectivity index (χ4n) is 3.45. The van der Waals surface area contributed by atoms with Gasteiger partial charge in [0, 0.05) is 5.69 Å². The van der Waals surface area contributed by atoms with Crippen molar-refractivity contribution in [1.29, 1.82) is 0 Å². The van der Waals surface area contributed by atoms with Gasteiger partial charge in [0.05, 0.1) is 5.69 Å². The minimum absolute atomic E-state index is 0.322. The molecule has 2 heteroatoms. The summed E-state index contributed by atoms with van der Waals surface area (Å²) in [6.45, 7) is 8.64. The highest BCUT2D eigenvalue weighted by atomic mass is 16.3. The normalized spacial score (nSPS) is 32.8. The molecule has 1 saturated carbocycles. The number of rotatable bonds is 2. The fraction of sp³-hybridized carbons (Fsp3) is 0.688. The Morgan fingerprint density at radius 2 is 2.06 bits per heavy atom. The molecule has 1 aromatic heterocycles. The van der Waals surface area contributed by atoms with Crippen LogP contribution in [-0.2, 0) is 5.60 Å². The molecule has 1 heterocycles. The van der Waals surface area contributed by atoms with Crippen molar-refractivity contribution in [1.82, 2.24) is 4.98 Å². The van der Waals surface area contributed by atoms with Gasteiger partial charge < -0.3 is 5.11 Å². The number of aliphatic hydroxyl groups is 1. The second-order valence-corrected chi connectivity index (χ2v) is 6.33. The predicted molar refractivity (Wildman–Crippen MR) is 74.2 cm³/mol. The third kappa shape index (κ3) is 2.44. The standard InChI is InChI=1S/C16H25NO/c1-11(2)14-9-8-12(3)10-16(14,18)15-7-5-6-13(4)17-15/h5-7,11-12,14,18H,8-10H2,1-4H3. The van der Waals surface area contributed by atoms with E-state index in [2.05, 4.69) is 25.8 Å². The zero-order valence-corrected chi connectivity index (χ0v) is 12.0. The smallest absolute Gasteiger partial charge is 0.110 e. The first-order valence-corrected chi connectivity index (χ1v) is 7.10. The molecule has 1 aromatic rings. The van der Waals surface area contributed by atoms with Gasteiger partial charge in [-0.3, -0.25) is 4.98 Å². The van der Waals surface area contributed by atoms with Crippen molar-refractivity contribution in [2.24, 2.45) is 17.8 Å². The number of aryl methyl sites for hydroxylation is 1. The maximum atomic E-state index is 11.2. The third-order valence-corrected chi connectivity index (χ3v) is 4.38. The lowest BCUT2D eigenvalue weighted by molar-refractivity contribution is -0.0897. The van der Waals surface area contributed by atoms with E-state index in [0.29, 0.717) is 17.8 Å².